The van der Waals surface area contributed by atoms with Crippen LogP contribution < -0.4 is 9.64 Å². The van der Waals surface area contributed by atoms with Crippen molar-refractivity contribution in [2.24, 2.45) is 5.92 Å². The zero-order valence-corrected chi connectivity index (χ0v) is 15.9. The summed E-state index contributed by atoms with van der Waals surface area (Å²) in [5, 5.41) is 0. The number of amides is 2. The van der Waals surface area contributed by atoms with Gasteiger partial charge in [0.2, 0.25) is 0 Å². The largest absolute Gasteiger partial charge is 0.482 e. The SMILES string of the molecule is CC1CCN(C(=O)c2ccc3c(c2)N(Cc2ccc(F)cc2)C(=O)CO3)CC1. The number of benzene rings is 2. The fraction of sp³-hybridized carbons (Fsp3) is 0.364. The van der Waals surface area contributed by atoms with Crippen molar-refractivity contribution in [3.05, 3.63) is 59.4 Å². The maximum absolute atomic E-state index is 13.2. The number of rotatable bonds is 3. The monoisotopic (exact) mass is 382 g/mol. The van der Waals surface area contributed by atoms with Crippen molar-refractivity contribution in [2.75, 3.05) is 24.6 Å². The molecule has 0 N–H and O–H groups in total. The summed E-state index contributed by atoms with van der Waals surface area (Å²) in [4.78, 5) is 28.9. The normalized spacial score (nSPS) is 17.3. The summed E-state index contributed by atoms with van der Waals surface area (Å²) in [7, 11) is 0. The van der Waals surface area contributed by atoms with Gasteiger partial charge in [-0.15, -0.1) is 0 Å². The van der Waals surface area contributed by atoms with Gasteiger partial charge in [-0.25, -0.2) is 4.39 Å². The number of carbonyl (C=O) groups excluding carboxylic acids is 2. The van der Waals surface area contributed by atoms with E-state index in [2.05, 4.69) is 6.92 Å². The third kappa shape index (κ3) is 3.72. The van der Waals surface area contributed by atoms with Gasteiger partial charge in [0.25, 0.3) is 11.8 Å². The van der Waals surface area contributed by atoms with Crippen LogP contribution in [-0.4, -0.2) is 36.4 Å². The van der Waals surface area contributed by atoms with Crippen LogP contribution in [-0.2, 0) is 11.3 Å². The number of nitrogens with zero attached hydrogens (tertiary/aromatic N) is 2. The molecule has 0 unspecified atom stereocenters. The highest BCUT2D eigenvalue weighted by molar-refractivity contribution is 6.01. The first-order valence-electron chi connectivity index (χ1n) is 9.62. The number of hydrogen-bond donors (Lipinski definition) is 0. The average Bonchev–Trinajstić information content (AvgIpc) is 2.71. The van der Waals surface area contributed by atoms with Crippen LogP contribution in [0.25, 0.3) is 0 Å². The van der Waals surface area contributed by atoms with E-state index in [4.69, 9.17) is 4.74 Å². The van der Waals surface area contributed by atoms with Gasteiger partial charge < -0.3 is 14.5 Å². The van der Waals surface area contributed by atoms with Crippen molar-refractivity contribution < 1.29 is 18.7 Å². The molecule has 2 aromatic carbocycles. The summed E-state index contributed by atoms with van der Waals surface area (Å²) in [6.07, 6.45) is 2.02. The van der Waals surface area contributed by atoms with Crippen molar-refractivity contribution in [3.8, 4) is 5.75 Å². The number of anilines is 1. The molecule has 2 heterocycles. The minimum Gasteiger partial charge on any atom is -0.482 e. The van der Waals surface area contributed by atoms with E-state index in [1.54, 1.807) is 35.2 Å². The van der Waals surface area contributed by atoms with E-state index < -0.39 is 0 Å². The van der Waals surface area contributed by atoms with Crippen LogP contribution in [0.3, 0.4) is 0 Å². The Labute approximate surface area is 163 Å². The van der Waals surface area contributed by atoms with E-state index in [0.29, 0.717) is 29.5 Å². The number of likely N-dealkylation sites (tertiary alicyclic amines) is 1. The molecule has 2 aliphatic rings. The Balaban J connectivity index is 1.60. The van der Waals surface area contributed by atoms with Crippen LogP contribution >= 0.6 is 0 Å². The molecule has 2 aliphatic heterocycles. The maximum atomic E-state index is 13.2. The van der Waals surface area contributed by atoms with Gasteiger partial charge in [0, 0.05) is 18.7 Å². The van der Waals surface area contributed by atoms with E-state index in [9.17, 15) is 14.0 Å². The van der Waals surface area contributed by atoms with Crippen LogP contribution in [0.1, 0.15) is 35.7 Å². The lowest BCUT2D eigenvalue weighted by atomic mass is 9.98. The Morgan fingerprint density at radius 3 is 2.57 bits per heavy atom. The van der Waals surface area contributed by atoms with E-state index in [0.717, 1.165) is 31.5 Å². The summed E-state index contributed by atoms with van der Waals surface area (Å²) >= 11 is 0. The van der Waals surface area contributed by atoms with E-state index in [-0.39, 0.29) is 24.2 Å². The van der Waals surface area contributed by atoms with Gasteiger partial charge in [0.15, 0.2) is 6.61 Å². The summed E-state index contributed by atoms with van der Waals surface area (Å²) in [6, 6.07) is 11.3. The summed E-state index contributed by atoms with van der Waals surface area (Å²) < 4.78 is 18.7. The second-order valence-electron chi connectivity index (χ2n) is 7.55. The van der Waals surface area contributed by atoms with Crippen molar-refractivity contribution in [1.82, 2.24) is 4.90 Å². The molecule has 0 atom stereocenters. The molecular formula is C22H23FN2O3. The Kier molecular flexibility index (Phi) is 5.03. The molecule has 4 rings (SSSR count). The number of halogens is 1. The summed E-state index contributed by atoms with van der Waals surface area (Å²) in [5.74, 6) is 0.694. The van der Waals surface area contributed by atoms with Gasteiger partial charge in [-0.05, 0) is 54.7 Å². The minimum atomic E-state index is -0.318. The number of fused-ring (bicyclic) bond motifs is 1. The lowest BCUT2D eigenvalue weighted by Crippen LogP contribution is -2.39. The van der Waals surface area contributed by atoms with Crippen LogP contribution in [0.15, 0.2) is 42.5 Å². The number of ether oxygens (including phenoxy) is 1. The Hall–Kier alpha value is -2.89. The highest BCUT2D eigenvalue weighted by Gasteiger charge is 2.28. The van der Waals surface area contributed by atoms with Gasteiger partial charge in [0.1, 0.15) is 11.6 Å². The maximum Gasteiger partial charge on any atom is 0.265 e. The summed E-state index contributed by atoms with van der Waals surface area (Å²) in [5.41, 5.74) is 1.94. The second kappa shape index (κ2) is 7.62. The highest BCUT2D eigenvalue weighted by Crippen LogP contribution is 2.34. The predicted octanol–water partition coefficient (Wildman–Crippen LogP) is 3.62. The lowest BCUT2D eigenvalue weighted by molar-refractivity contribution is -0.121. The molecule has 1 saturated heterocycles. The van der Waals surface area contributed by atoms with Crippen LogP contribution in [0.2, 0.25) is 0 Å². The van der Waals surface area contributed by atoms with Crippen molar-refractivity contribution in [1.29, 1.82) is 0 Å². The highest BCUT2D eigenvalue weighted by atomic mass is 19.1. The lowest BCUT2D eigenvalue weighted by Gasteiger charge is -2.32. The van der Waals surface area contributed by atoms with E-state index >= 15 is 0 Å². The molecule has 2 amide bonds. The fourth-order valence-corrected chi connectivity index (χ4v) is 3.68. The number of hydrogen-bond acceptors (Lipinski definition) is 3. The summed E-state index contributed by atoms with van der Waals surface area (Å²) in [6.45, 7) is 3.97. The van der Waals surface area contributed by atoms with Crippen LogP contribution in [0.4, 0.5) is 10.1 Å². The fourth-order valence-electron chi connectivity index (χ4n) is 3.68. The molecule has 5 nitrogen and oxygen atoms in total. The smallest absolute Gasteiger partial charge is 0.265 e. The van der Waals surface area contributed by atoms with E-state index in [1.165, 1.54) is 12.1 Å². The quantitative estimate of drug-likeness (QED) is 0.815. The van der Waals surface area contributed by atoms with Gasteiger partial charge in [-0.3, -0.25) is 9.59 Å². The van der Waals surface area contributed by atoms with Crippen LogP contribution in [0.5, 0.6) is 5.75 Å². The second-order valence-corrected chi connectivity index (χ2v) is 7.55. The molecule has 0 spiro atoms. The Morgan fingerprint density at radius 1 is 1.14 bits per heavy atom. The van der Waals surface area contributed by atoms with Crippen molar-refractivity contribution >= 4 is 17.5 Å². The van der Waals surface area contributed by atoms with E-state index in [1.807, 2.05) is 4.90 Å². The van der Waals surface area contributed by atoms with Gasteiger partial charge in [-0.1, -0.05) is 19.1 Å². The minimum absolute atomic E-state index is 0.0190. The average molecular weight is 382 g/mol. The van der Waals surface area contributed by atoms with Gasteiger partial charge >= 0.3 is 0 Å². The van der Waals surface area contributed by atoms with Crippen molar-refractivity contribution in [3.63, 3.8) is 0 Å². The third-order valence-electron chi connectivity index (χ3n) is 5.47. The van der Waals surface area contributed by atoms with Gasteiger partial charge in [0.05, 0.1) is 12.2 Å². The standard InChI is InChI=1S/C22H23FN2O3/c1-15-8-10-24(11-9-15)22(27)17-4-7-20-19(12-17)25(21(26)14-28-20)13-16-2-5-18(23)6-3-16/h2-7,12,15H,8-11,13-14H2,1H3. The topological polar surface area (TPSA) is 49.9 Å². The number of piperidine rings is 1. The first kappa shape index (κ1) is 18.5. The molecule has 6 heteroatoms. The van der Waals surface area contributed by atoms with Gasteiger partial charge in [-0.2, -0.15) is 0 Å². The molecule has 0 radical (unpaired) electrons. The molecule has 0 aromatic heterocycles. The molecule has 0 saturated carbocycles. The Bertz CT molecular complexity index is 889. The molecule has 146 valence electrons. The van der Waals surface area contributed by atoms with Crippen molar-refractivity contribution in [2.45, 2.75) is 26.3 Å². The molecule has 28 heavy (non-hydrogen) atoms. The zero-order valence-electron chi connectivity index (χ0n) is 15.9. The van der Waals surface area contributed by atoms with Crippen LogP contribution in [0, 0.1) is 11.7 Å². The molecule has 0 bridgehead atoms. The molecule has 0 aliphatic carbocycles. The zero-order chi connectivity index (χ0) is 19.7. The third-order valence-corrected chi connectivity index (χ3v) is 5.47. The predicted molar refractivity (Wildman–Crippen MR) is 104 cm³/mol. The molecule has 1 fully saturated rings. The molecule has 2 aromatic rings. The molecular weight excluding hydrogens is 359 g/mol. The first-order chi connectivity index (χ1) is 13.5. The first-order valence-corrected chi connectivity index (χ1v) is 9.62. The number of carbonyl (C=O) groups is 2. The Morgan fingerprint density at radius 2 is 1.86 bits per heavy atom.